The van der Waals surface area contributed by atoms with Crippen molar-refractivity contribution < 1.29 is 22.7 Å². The number of unbranched alkanes of at least 4 members (excludes halogenated alkanes) is 1. The lowest BCUT2D eigenvalue weighted by Crippen LogP contribution is -2.29. The third kappa shape index (κ3) is 6.93. The molecule has 0 aliphatic heterocycles. The Hall–Kier alpha value is -3.17. The van der Waals surface area contributed by atoms with Crippen LogP contribution in [0, 0.1) is 0 Å². The normalized spacial score (nSPS) is 12.9. The van der Waals surface area contributed by atoms with Crippen LogP contribution in [0.2, 0.25) is 0 Å². The minimum Gasteiger partial charge on any atom is -0.480 e. The van der Waals surface area contributed by atoms with Crippen molar-refractivity contribution in [3.8, 4) is 0 Å². The van der Waals surface area contributed by atoms with Gasteiger partial charge in [0, 0.05) is 6.54 Å². The summed E-state index contributed by atoms with van der Waals surface area (Å²) in [6.07, 6.45) is 4.72. The molecule has 188 valence electrons. The van der Waals surface area contributed by atoms with Crippen LogP contribution >= 0.6 is 0 Å². The number of carboxylic acids is 1. The molecule has 35 heavy (non-hydrogen) atoms. The molecule has 0 bridgehead atoms. The lowest BCUT2D eigenvalue weighted by atomic mass is 9.80. The number of hydrogen-bond acceptors (Lipinski definition) is 7. The number of benzene rings is 1. The zero-order chi connectivity index (χ0) is 25.5. The molecule has 0 aliphatic carbocycles. The number of carbonyl (C=O) groups is 1. The van der Waals surface area contributed by atoms with Gasteiger partial charge in [-0.05, 0) is 47.2 Å². The highest BCUT2D eigenvalue weighted by Gasteiger charge is 2.32. The topological polar surface area (TPSA) is 122 Å². The minimum absolute atomic E-state index is 0.0699. The first kappa shape index (κ1) is 26.4. The van der Waals surface area contributed by atoms with E-state index in [2.05, 4.69) is 48.5 Å². The van der Waals surface area contributed by atoms with E-state index in [1.54, 1.807) is 18.2 Å². The molecular weight excluding hydrogens is 466 g/mol. The van der Waals surface area contributed by atoms with Gasteiger partial charge in [-0.25, -0.2) is 13.4 Å². The van der Waals surface area contributed by atoms with Crippen molar-refractivity contribution in [3.05, 3.63) is 77.7 Å². The van der Waals surface area contributed by atoms with E-state index in [9.17, 15) is 13.2 Å². The zero-order valence-corrected chi connectivity index (χ0v) is 21.1. The third-order valence-corrected chi connectivity index (χ3v) is 7.75. The number of carboxylic acid groups (broad SMARTS) is 1. The van der Waals surface area contributed by atoms with Crippen LogP contribution in [0.25, 0.3) is 0 Å². The van der Waals surface area contributed by atoms with Crippen LogP contribution < -0.4 is 10.6 Å². The quantitative estimate of drug-likeness (QED) is 0.304. The fourth-order valence-corrected chi connectivity index (χ4v) is 5.27. The van der Waals surface area contributed by atoms with Crippen molar-refractivity contribution in [3.63, 3.8) is 0 Å². The van der Waals surface area contributed by atoms with Gasteiger partial charge in [-0.15, -0.1) is 0 Å². The Balaban J connectivity index is 1.84. The van der Waals surface area contributed by atoms with Crippen LogP contribution in [0.4, 0.5) is 5.82 Å². The molecule has 0 spiro atoms. The standard InChI is InChI=1S/C26H33N3O5S/c1-4-5-15-26(2,3)20-13-11-19(12-14-20)17-28-25(35(32,33)24-10-7-16-34-24)21-8-6-9-22(29-21)27-18-23(30)31/h6-14,16,25,28H,4-5,15,17-18H2,1-3H3,(H,27,29)(H,30,31). The summed E-state index contributed by atoms with van der Waals surface area (Å²) in [5.74, 6) is -0.776. The molecule has 3 N–H and O–H groups in total. The van der Waals surface area contributed by atoms with Gasteiger partial charge < -0.3 is 14.8 Å². The molecule has 0 saturated heterocycles. The first-order valence-electron chi connectivity index (χ1n) is 11.7. The Morgan fingerprint density at radius 2 is 1.86 bits per heavy atom. The lowest BCUT2D eigenvalue weighted by molar-refractivity contribution is -0.134. The molecule has 0 aliphatic rings. The molecule has 2 aromatic heterocycles. The predicted molar refractivity (Wildman–Crippen MR) is 135 cm³/mol. The average molecular weight is 500 g/mol. The highest BCUT2D eigenvalue weighted by atomic mass is 32.2. The number of nitrogens with one attached hydrogen (secondary N) is 2. The zero-order valence-electron chi connectivity index (χ0n) is 20.3. The van der Waals surface area contributed by atoms with E-state index in [0.29, 0.717) is 0 Å². The molecule has 0 fully saturated rings. The summed E-state index contributed by atoms with van der Waals surface area (Å²) in [6.45, 7) is 6.61. The maximum atomic E-state index is 13.4. The number of furan rings is 1. The summed E-state index contributed by atoms with van der Waals surface area (Å²) in [5, 5.41) is 13.3. The second kappa shape index (κ2) is 11.5. The van der Waals surface area contributed by atoms with Gasteiger partial charge in [0.2, 0.25) is 14.9 Å². The van der Waals surface area contributed by atoms with Gasteiger partial charge in [-0.3, -0.25) is 10.1 Å². The Morgan fingerprint density at radius 3 is 2.49 bits per heavy atom. The molecule has 1 unspecified atom stereocenters. The van der Waals surface area contributed by atoms with E-state index in [1.165, 1.54) is 24.0 Å². The SMILES string of the molecule is CCCCC(C)(C)c1ccc(CNC(c2cccc(NCC(=O)O)n2)S(=O)(=O)c2ccco2)cc1. The maximum Gasteiger partial charge on any atom is 0.322 e. The van der Waals surface area contributed by atoms with Crippen molar-refractivity contribution in [2.45, 2.75) is 62.5 Å². The number of sulfone groups is 1. The Bertz CT molecular complexity index is 1210. The van der Waals surface area contributed by atoms with Crippen LogP contribution in [0.3, 0.4) is 0 Å². The smallest absolute Gasteiger partial charge is 0.322 e. The van der Waals surface area contributed by atoms with Gasteiger partial charge >= 0.3 is 5.97 Å². The molecule has 0 amide bonds. The second-order valence-corrected chi connectivity index (χ2v) is 11.1. The number of hydrogen-bond donors (Lipinski definition) is 3. The Morgan fingerprint density at radius 1 is 1.11 bits per heavy atom. The molecule has 1 atom stereocenters. The summed E-state index contributed by atoms with van der Waals surface area (Å²) in [4.78, 5) is 15.2. The third-order valence-electron chi connectivity index (χ3n) is 5.93. The van der Waals surface area contributed by atoms with Gasteiger partial charge in [0.05, 0.1) is 12.0 Å². The van der Waals surface area contributed by atoms with Crippen LogP contribution in [0.15, 0.2) is 70.4 Å². The Labute approximate surface area is 206 Å². The molecule has 3 aromatic rings. The largest absolute Gasteiger partial charge is 0.480 e. The van der Waals surface area contributed by atoms with Gasteiger partial charge in [0.15, 0.2) is 5.37 Å². The first-order valence-corrected chi connectivity index (χ1v) is 13.2. The number of anilines is 1. The van der Waals surface area contributed by atoms with Gasteiger partial charge in [-0.2, -0.15) is 0 Å². The molecule has 1 aromatic carbocycles. The van der Waals surface area contributed by atoms with Crippen LogP contribution in [-0.2, 0) is 26.6 Å². The van der Waals surface area contributed by atoms with E-state index in [4.69, 9.17) is 9.52 Å². The van der Waals surface area contributed by atoms with Crippen LogP contribution in [0.1, 0.15) is 62.2 Å². The summed E-state index contributed by atoms with van der Waals surface area (Å²) in [6, 6.07) is 15.9. The fraction of sp³-hybridized carbons (Fsp3) is 0.385. The number of nitrogens with zero attached hydrogens (tertiary/aromatic N) is 1. The van der Waals surface area contributed by atoms with E-state index >= 15 is 0 Å². The molecule has 2 heterocycles. The number of pyridine rings is 1. The van der Waals surface area contributed by atoms with Crippen molar-refractivity contribution >= 4 is 21.6 Å². The molecule has 3 rings (SSSR count). The highest BCUT2D eigenvalue weighted by Crippen LogP contribution is 2.30. The second-order valence-electron chi connectivity index (χ2n) is 9.12. The predicted octanol–water partition coefficient (Wildman–Crippen LogP) is 4.90. The lowest BCUT2D eigenvalue weighted by Gasteiger charge is -2.25. The first-order chi connectivity index (χ1) is 16.6. The molecule has 8 nitrogen and oxygen atoms in total. The monoisotopic (exact) mass is 499 g/mol. The van der Waals surface area contributed by atoms with Crippen molar-refractivity contribution in [2.75, 3.05) is 11.9 Å². The van der Waals surface area contributed by atoms with E-state index < -0.39 is 21.2 Å². The summed E-state index contributed by atoms with van der Waals surface area (Å²) >= 11 is 0. The number of aromatic nitrogens is 1. The van der Waals surface area contributed by atoms with Crippen molar-refractivity contribution in [1.29, 1.82) is 0 Å². The number of rotatable bonds is 13. The van der Waals surface area contributed by atoms with Gasteiger partial charge in [0.1, 0.15) is 12.4 Å². The van der Waals surface area contributed by atoms with Crippen LogP contribution in [0.5, 0.6) is 0 Å². The summed E-state index contributed by atoms with van der Waals surface area (Å²) in [5.41, 5.74) is 2.47. The summed E-state index contributed by atoms with van der Waals surface area (Å²) in [7, 11) is -3.96. The van der Waals surface area contributed by atoms with Crippen LogP contribution in [-0.4, -0.2) is 31.0 Å². The summed E-state index contributed by atoms with van der Waals surface area (Å²) < 4.78 is 31.9. The molecule has 9 heteroatoms. The van der Waals surface area contributed by atoms with Crippen molar-refractivity contribution in [1.82, 2.24) is 10.3 Å². The molecule has 0 radical (unpaired) electrons. The molecular formula is C26H33N3O5S. The Kier molecular flexibility index (Phi) is 8.69. The van der Waals surface area contributed by atoms with E-state index in [0.717, 1.165) is 24.8 Å². The van der Waals surface area contributed by atoms with Gasteiger partial charge in [0.25, 0.3) is 0 Å². The van der Waals surface area contributed by atoms with Crippen molar-refractivity contribution in [2.24, 2.45) is 0 Å². The maximum absolute atomic E-state index is 13.4. The fourth-order valence-electron chi connectivity index (χ4n) is 3.82. The van der Waals surface area contributed by atoms with Gasteiger partial charge in [-0.1, -0.05) is 63.9 Å². The molecule has 0 saturated carbocycles. The van der Waals surface area contributed by atoms with E-state index in [1.807, 2.05) is 12.1 Å². The highest BCUT2D eigenvalue weighted by molar-refractivity contribution is 7.91. The minimum atomic E-state index is -3.96. The average Bonchev–Trinajstić information content (AvgIpc) is 3.38. The number of aliphatic carboxylic acids is 1. The van der Waals surface area contributed by atoms with E-state index in [-0.39, 0.29) is 35.1 Å².